The maximum atomic E-state index is 12.6. The molecule has 0 aliphatic heterocycles. The molecule has 0 atom stereocenters. The van der Waals surface area contributed by atoms with Gasteiger partial charge < -0.3 is 15.0 Å². The van der Waals surface area contributed by atoms with E-state index in [0.29, 0.717) is 17.8 Å². The number of benzene rings is 2. The standard InChI is InChI=1S/C18H19IN2O3/c1-3-21(18(23)15-6-4-5-7-16(15)19)12-17(22)20-13-8-10-14(24-2)11-9-13/h4-11H,3,12H2,1-2H3,(H,20,22). The number of carbonyl (C=O) groups is 2. The highest BCUT2D eigenvalue weighted by atomic mass is 127. The largest absolute Gasteiger partial charge is 0.497 e. The van der Waals surface area contributed by atoms with Crippen LogP contribution < -0.4 is 10.1 Å². The fraction of sp³-hybridized carbons (Fsp3) is 0.222. The van der Waals surface area contributed by atoms with Crippen LogP contribution in [0.15, 0.2) is 48.5 Å². The number of amides is 2. The topological polar surface area (TPSA) is 58.6 Å². The van der Waals surface area contributed by atoms with E-state index >= 15 is 0 Å². The van der Waals surface area contributed by atoms with Gasteiger partial charge in [-0.1, -0.05) is 12.1 Å². The predicted octanol–water partition coefficient (Wildman–Crippen LogP) is 3.40. The van der Waals surface area contributed by atoms with Crippen molar-refractivity contribution in [1.29, 1.82) is 0 Å². The van der Waals surface area contributed by atoms with Gasteiger partial charge in [-0.2, -0.15) is 0 Å². The van der Waals surface area contributed by atoms with Crippen LogP contribution in [0.2, 0.25) is 0 Å². The van der Waals surface area contributed by atoms with Crippen LogP contribution in [-0.4, -0.2) is 36.9 Å². The molecule has 0 fully saturated rings. The Labute approximate surface area is 155 Å². The van der Waals surface area contributed by atoms with E-state index in [9.17, 15) is 9.59 Å². The van der Waals surface area contributed by atoms with Crippen molar-refractivity contribution < 1.29 is 14.3 Å². The van der Waals surface area contributed by atoms with Crippen molar-refractivity contribution in [2.45, 2.75) is 6.92 Å². The van der Waals surface area contributed by atoms with Crippen LogP contribution in [0.1, 0.15) is 17.3 Å². The third-order valence-corrected chi connectivity index (χ3v) is 4.42. The van der Waals surface area contributed by atoms with E-state index in [0.717, 1.165) is 9.32 Å². The Morgan fingerprint density at radius 1 is 1.12 bits per heavy atom. The van der Waals surface area contributed by atoms with Gasteiger partial charge in [-0.3, -0.25) is 9.59 Å². The van der Waals surface area contributed by atoms with Crippen LogP contribution in [0.25, 0.3) is 0 Å². The number of methoxy groups -OCH3 is 1. The number of anilines is 1. The van der Waals surface area contributed by atoms with Crippen LogP contribution in [0.4, 0.5) is 5.69 Å². The number of hydrogen-bond acceptors (Lipinski definition) is 3. The van der Waals surface area contributed by atoms with Crippen molar-refractivity contribution in [3.05, 3.63) is 57.7 Å². The highest BCUT2D eigenvalue weighted by Crippen LogP contribution is 2.16. The van der Waals surface area contributed by atoms with Gasteiger partial charge in [0.1, 0.15) is 12.3 Å². The van der Waals surface area contributed by atoms with Gasteiger partial charge in [0.15, 0.2) is 0 Å². The van der Waals surface area contributed by atoms with E-state index in [2.05, 4.69) is 27.9 Å². The zero-order valence-electron chi connectivity index (χ0n) is 13.6. The van der Waals surface area contributed by atoms with Gasteiger partial charge in [-0.25, -0.2) is 0 Å². The number of nitrogens with zero attached hydrogens (tertiary/aromatic N) is 1. The van der Waals surface area contributed by atoms with Gasteiger partial charge in [0, 0.05) is 15.8 Å². The van der Waals surface area contributed by atoms with Crippen molar-refractivity contribution in [2.75, 3.05) is 25.5 Å². The van der Waals surface area contributed by atoms with Crippen LogP contribution in [0.3, 0.4) is 0 Å². The van der Waals surface area contributed by atoms with Crippen LogP contribution in [-0.2, 0) is 4.79 Å². The highest BCUT2D eigenvalue weighted by Gasteiger charge is 2.19. The number of rotatable bonds is 6. The SMILES string of the molecule is CCN(CC(=O)Nc1ccc(OC)cc1)C(=O)c1ccccc1I. The summed E-state index contributed by atoms with van der Waals surface area (Å²) in [4.78, 5) is 26.3. The summed E-state index contributed by atoms with van der Waals surface area (Å²) < 4.78 is 5.95. The van der Waals surface area contributed by atoms with Gasteiger partial charge in [-0.15, -0.1) is 0 Å². The fourth-order valence-corrected chi connectivity index (χ4v) is 2.80. The first kappa shape index (κ1) is 18.3. The molecule has 0 saturated carbocycles. The lowest BCUT2D eigenvalue weighted by Gasteiger charge is -2.21. The van der Waals surface area contributed by atoms with Gasteiger partial charge in [0.05, 0.1) is 12.7 Å². The van der Waals surface area contributed by atoms with Crippen LogP contribution in [0.5, 0.6) is 5.75 Å². The van der Waals surface area contributed by atoms with Crippen molar-refractivity contribution >= 4 is 40.1 Å². The Bertz CT molecular complexity index is 716. The van der Waals surface area contributed by atoms with Crippen molar-refractivity contribution in [2.24, 2.45) is 0 Å². The highest BCUT2D eigenvalue weighted by molar-refractivity contribution is 14.1. The molecule has 2 aromatic rings. The molecule has 1 N–H and O–H groups in total. The molecule has 0 aromatic heterocycles. The summed E-state index contributed by atoms with van der Waals surface area (Å²) in [5, 5.41) is 2.79. The van der Waals surface area contributed by atoms with E-state index in [-0.39, 0.29) is 18.4 Å². The molecule has 0 radical (unpaired) electrons. The lowest BCUT2D eigenvalue weighted by atomic mass is 10.2. The molecule has 0 aliphatic carbocycles. The van der Waals surface area contributed by atoms with Gasteiger partial charge in [0.2, 0.25) is 5.91 Å². The molecule has 0 spiro atoms. The van der Waals surface area contributed by atoms with Crippen LogP contribution >= 0.6 is 22.6 Å². The molecule has 2 aromatic carbocycles. The smallest absolute Gasteiger partial charge is 0.255 e. The van der Waals surface area contributed by atoms with E-state index in [1.807, 2.05) is 25.1 Å². The number of likely N-dealkylation sites (N-methyl/N-ethyl adjacent to an activating group) is 1. The molecule has 126 valence electrons. The fourth-order valence-electron chi connectivity index (χ4n) is 2.18. The van der Waals surface area contributed by atoms with Crippen molar-refractivity contribution in [1.82, 2.24) is 4.90 Å². The summed E-state index contributed by atoms with van der Waals surface area (Å²) in [6.45, 7) is 2.32. The minimum absolute atomic E-state index is 0.00629. The van der Waals surface area contributed by atoms with Crippen molar-refractivity contribution in [3.63, 3.8) is 0 Å². The summed E-state index contributed by atoms with van der Waals surface area (Å²) in [5.41, 5.74) is 1.27. The Balaban J connectivity index is 2.02. The quantitative estimate of drug-likeness (QED) is 0.704. The van der Waals surface area contributed by atoms with Crippen LogP contribution in [0, 0.1) is 3.57 Å². The second-order valence-electron chi connectivity index (χ2n) is 5.08. The van der Waals surface area contributed by atoms with E-state index in [4.69, 9.17) is 4.74 Å². The molecular formula is C18H19IN2O3. The second-order valence-corrected chi connectivity index (χ2v) is 6.24. The van der Waals surface area contributed by atoms with Gasteiger partial charge in [-0.05, 0) is 65.9 Å². The monoisotopic (exact) mass is 438 g/mol. The minimum atomic E-state index is -0.235. The third-order valence-electron chi connectivity index (χ3n) is 3.48. The maximum Gasteiger partial charge on any atom is 0.255 e. The molecule has 0 unspecified atom stereocenters. The molecule has 0 heterocycles. The Morgan fingerprint density at radius 3 is 2.38 bits per heavy atom. The molecular weight excluding hydrogens is 419 g/mol. The van der Waals surface area contributed by atoms with E-state index < -0.39 is 0 Å². The Morgan fingerprint density at radius 2 is 1.79 bits per heavy atom. The first-order valence-electron chi connectivity index (χ1n) is 7.53. The van der Waals surface area contributed by atoms with Gasteiger partial charge >= 0.3 is 0 Å². The average Bonchev–Trinajstić information content (AvgIpc) is 2.60. The molecule has 0 bridgehead atoms. The summed E-state index contributed by atoms with van der Waals surface area (Å²) in [5.74, 6) is 0.339. The molecule has 6 heteroatoms. The van der Waals surface area contributed by atoms with E-state index in [1.54, 1.807) is 37.4 Å². The zero-order chi connectivity index (χ0) is 17.5. The first-order valence-corrected chi connectivity index (χ1v) is 8.60. The zero-order valence-corrected chi connectivity index (χ0v) is 15.7. The Kier molecular flexibility index (Phi) is 6.60. The van der Waals surface area contributed by atoms with Gasteiger partial charge in [0.25, 0.3) is 5.91 Å². The average molecular weight is 438 g/mol. The molecule has 2 rings (SSSR count). The summed E-state index contributed by atoms with van der Waals surface area (Å²) in [6, 6.07) is 14.4. The summed E-state index contributed by atoms with van der Waals surface area (Å²) >= 11 is 2.12. The lowest BCUT2D eigenvalue weighted by Crippen LogP contribution is -2.38. The number of hydrogen-bond donors (Lipinski definition) is 1. The molecule has 24 heavy (non-hydrogen) atoms. The summed E-state index contributed by atoms with van der Waals surface area (Å²) in [6.07, 6.45) is 0. The Hall–Kier alpha value is -2.09. The lowest BCUT2D eigenvalue weighted by molar-refractivity contribution is -0.116. The number of carbonyl (C=O) groups excluding carboxylic acids is 2. The number of nitrogens with one attached hydrogen (secondary N) is 1. The molecule has 2 amide bonds. The third kappa shape index (κ3) is 4.70. The number of ether oxygens (including phenoxy) is 1. The predicted molar refractivity (Wildman–Crippen MR) is 102 cm³/mol. The second kappa shape index (κ2) is 8.68. The minimum Gasteiger partial charge on any atom is -0.497 e. The number of halogens is 1. The van der Waals surface area contributed by atoms with Crippen molar-refractivity contribution in [3.8, 4) is 5.75 Å². The maximum absolute atomic E-state index is 12.6. The summed E-state index contributed by atoms with van der Waals surface area (Å²) in [7, 11) is 1.59. The molecule has 0 aliphatic rings. The normalized spacial score (nSPS) is 10.1. The first-order chi connectivity index (χ1) is 11.5. The van der Waals surface area contributed by atoms with E-state index in [1.165, 1.54) is 4.90 Å². The molecule has 0 saturated heterocycles. The molecule has 5 nitrogen and oxygen atoms in total.